The first-order chi connectivity index (χ1) is 14.4. The van der Waals surface area contributed by atoms with E-state index in [1.807, 2.05) is 31.4 Å². The monoisotopic (exact) mass is 450 g/mol. The number of halogens is 3. The molecule has 0 spiro atoms. The third-order valence-electron chi connectivity index (χ3n) is 4.87. The zero-order chi connectivity index (χ0) is 23.1. The zero-order valence-electron chi connectivity index (χ0n) is 17.3. The Morgan fingerprint density at radius 1 is 1.16 bits per heavy atom. The minimum atomic E-state index is -4.70. The predicted octanol–water partition coefficient (Wildman–Crippen LogP) is 4.69. The van der Waals surface area contributed by atoms with E-state index in [1.165, 1.54) is 24.3 Å². The SMILES string of the molecule is Cc1cnc2c(c1)c(C#N)c(-c1ccc(S(=O)(=O)N[C@@H](C)C(F)(F)F)cc1)n2C(C)C. The number of alkyl halides is 3. The minimum Gasteiger partial charge on any atom is -0.322 e. The number of rotatable bonds is 5. The maximum Gasteiger partial charge on any atom is 0.404 e. The van der Waals surface area contributed by atoms with Crippen LogP contribution >= 0.6 is 0 Å². The fourth-order valence-corrected chi connectivity index (χ4v) is 4.58. The van der Waals surface area contributed by atoms with Crippen molar-refractivity contribution in [2.75, 3.05) is 0 Å². The molecule has 0 bridgehead atoms. The molecule has 164 valence electrons. The summed E-state index contributed by atoms with van der Waals surface area (Å²) in [6.45, 7) is 6.48. The van der Waals surface area contributed by atoms with Gasteiger partial charge in [-0.2, -0.15) is 23.2 Å². The van der Waals surface area contributed by atoms with E-state index >= 15 is 0 Å². The van der Waals surface area contributed by atoms with Crippen LogP contribution in [0.4, 0.5) is 13.2 Å². The van der Waals surface area contributed by atoms with Gasteiger partial charge < -0.3 is 4.57 Å². The molecule has 0 aliphatic rings. The molecule has 2 heterocycles. The van der Waals surface area contributed by atoms with E-state index in [0.29, 0.717) is 27.9 Å². The van der Waals surface area contributed by atoms with Gasteiger partial charge in [0.2, 0.25) is 10.0 Å². The van der Waals surface area contributed by atoms with Crippen molar-refractivity contribution in [1.29, 1.82) is 5.26 Å². The number of nitrogens with one attached hydrogen (secondary N) is 1. The maximum absolute atomic E-state index is 12.7. The molecule has 0 unspecified atom stereocenters. The topological polar surface area (TPSA) is 87.8 Å². The molecule has 1 atom stereocenters. The van der Waals surface area contributed by atoms with Gasteiger partial charge in [-0.05, 0) is 57.0 Å². The number of nitrogens with zero attached hydrogens (tertiary/aromatic N) is 3. The molecule has 0 aliphatic carbocycles. The lowest BCUT2D eigenvalue weighted by atomic mass is 10.1. The van der Waals surface area contributed by atoms with Crippen molar-refractivity contribution in [3.05, 3.63) is 47.7 Å². The molecule has 31 heavy (non-hydrogen) atoms. The number of sulfonamides is 1. The Kier molecular flexibility index (Phi) is 5.86. The highest BCUT2D eigenvalue weighted by atomic mass is 32.2. The van der Waals surface area contributed by atoms with Crippen molar-refractivity contribution >= 4 is 21.1 Å². The highest BCUT2D eigenvalue weighted by Crippen LogP contribution is 2.36. The van der Waals surface area contributed by atoms with Crippen molar-refractivity contribution in [3.8, 4) is 17.3 Å². The number of aryl methyl sites for hydroxylation is 1. The highest BCUT2D eigenvalue weighted by molar-refractivity contribution is 7.89. The molecule has 0 saturated heterocycles. The number of nitriles is 1. The van der Waals surface area contributed by atoms with Crippen LogP contribution in [-0.2, 0) is 10.0 Å². The molecule has 0 aliphatic heterocycles. The first-order valence-corrected chi connectivity index (χ1v) is 10.9. The van der Waals surface area contributed by atoms with Gasteiger partial charge in [-0.15, -0.1) is 0 Å². The fraction of sp³-hybridized carbons (Fsp3) is 0.333. The molecule has 3 rings (SSSR count). The first kappa shape index (κ1) is 22.8. The molecule has 3 aromatic rings. The lowest BCUT2D eigenvalue weighted by Crippen LogP contribution is -2.42. The van der Waals surface area contributed by atoms with Gasteiger partial charge in [0.05, 0.1) is 16.2 Å². The summed E-state index contributed by atoms with van der Waals surface area (Å²) >= 11 is 0. The van der Waals surface area contributed by atoms with E-state index in [-0.39, 0.29) is 10.9 Å². The van der Waals surface area contributed by atoms with E-state index in [9.17, 15) is 26.9 Å². The van der Waals surface area contributed by atoms with E-state index in [4.69, 9.17) is 0 Å². The summed E-state index contributed by atoms with van der Waals surface area (Å²) in [7, 11) is -4.37. The van der Waals surface area contributed by atoms with Gasteiger partial charge >= 0.3 is 6.18 Å². The van der Waals surface area contributed by atoms with Crippen LogP contribution in [0.15, 0.2) is 41.4 Å². The average Bonchev–Trinajstić information content (AvgIpc) is 3.00. The summed E-state index contributed by atoms with van der Waals surface area (Å²) < 4.78 is 66.4. The molecule has 0 saturated carbocycles. The van der Waals surface area contributed by atoms with Crippen LogP contribution in [0.2, 0.25) is 0 Å². The summed E-state index contributed by atoms with van der Waals surface area (Å²) in [5, 5.41) is 10.5. The largest absolute Gasteiger partial charge is 0.404 e. The molecule has 0 amide bonds. The van der Waals surface area contributed by atoms with Crippen LogP contribution in [-0.4, -0.2) is 30.2 Å². The molecule has 1 aromatic carbocycles. The van der Waals surface area contributed by atoms with Crippen molar-refractivity contribution in [2.45, 2.75) is 50.9 Å². The number of pyridine rings is 1. The van der Waals surface area contributed by atoms with Crippen molar-refractivity contribution < 1.29 is 21.6 Å². The molecule has 10 heteroatoms. The number of hydrogen-bond donors (Lipinski definition) is 1. The Hall–Kier alpha value is -2.90. The standard InChI is InChI=1S/C21H21F3N4O2S/c1-12(2)28-19(18(10-25)17-9-13(3)11-26-20(17)28)15-5-7-16(8-6-15)31(29,30)27-14(4)21(22,23)24/h5-9,11-12,14,27H,1-4H3/t14-/m0/s1. The van der Waals surface area contributed by atoms with Crippen molar-refractivity contribution in [1.82, 2.24) is 14.3 Å². The highest BCUT2D eigenvalue weighted by Gasteiger charge is 2.38. The Morgan fingerprint density at radius 3 is 2.29 bits per heavy atom. The maximum atomic E-state index is 12.7. The lowest BCUT2D eigenvalue weighted by molar-refractivity contribution is -0.147. The van der Waals surface area contributed by atoms with Gasteiger partial charge in [0.25, 0.3) is 0 Å². The van der Waals surface area contributed by atoms with Gasteiger partial charge in [0, 0.05) is 17.6 Å². The number of aromatic nitrogens is 2. The van der Waals surface area contributed by atoms with E-state index in [2.05, 4.69) is 11.1 Å². The summed E-state index contributed by atoms with van der Waals surface area (Å²) in [6, 6.07) is 7.22. The first-order valence-electron chi connectivity index (χ1n) is 9.47. The van der Waals surface area contributed by atoms with Crippen LogP contribution in [0.1, 0.15) is 37.9 Å². The van der Waals surface area contributed by atoms with Crippen LogP contribution in [0, 0.1) is 18.3 Å². The van der Waals surface area contributed by atoms with Crippen LogP contribution in [0.3, 0.4) is 0 Å². The second kappa shape index (κ2) is 7.98. The Balaban J connectivity index is 2.11. The zero-order valence-corrected chi connectivity index (χ0v) is 18.1. The molecule has 1 N–H and O–H groups in total. The summed E-state index contributed by atoms with van der Waals surface area (Å²) in [5.74, 6) is 0. The Morgan fingerprint density at radius 2 is 1.77 bits per heavy atom. The average molecular weight is 450 g/mol. The quantitative estimate of drug-likeness (QED) is 0.611. The molecule has 6 nitrogen and oxygen atoms in total. The van der Waals surface area contributed by atoms with Gasteiger partial charge in [0.15, 0.2) is 0 Å². The minimum absolute atomic E-state index is 0.0486. The van der Waals surface area contributed by atoms with Crippen molar-refractivity contribution in [3.63, 3.8) is 0 Å². The second-order valence-corrected chi connectivity index (χ2v) is 9.31. The summed E-state index contributed by atoms with van der Waals surface area (Å²) in [5.41, 5.74) is 3.06. The third kappa shape index (κ3) is 4.29. The number of fused-ring (bicyclic) bond motifs is 1. The molecular formula is C21H21F3N4O2S. The predicted molar refractivity (Wildman–Crippen MR) is 111 cm³/mol. The third-order valence-corrected chi connectivity index (χ3v) is 6.42. The van der Waals surface area contributed by atoms with Crippen molar-refractivity contribution in [2.24, 2.45) is 0 Å². The van der Waals surface area contributed by atoms with Crippen LogP contribution in [0.25, 0.3) is 22.3 Å². The van der Waals surface area contributed by atoms with Crippen LogP contribution < -0.4 is 4.72 Å². The normalized spacial score (nSPS) is 13.5. The van der Waals surface area contributed by atoms with Crippen LogP contribution in [0.5, 0.6) is 0 Å². The summed E-state index contributed by atoms with van der Waals surface area (Å²) in [6.07, 6.45) is -2.99. The van der Waals surface area contributed by atoms with E-state index in [0.717, 1.165) is 12.5 Å². The fourth-order valence-electron chi connectivity index (χ4n) is 3.35. The van der Waals surface area contributed by atoms with Gasteiger partial charge in [-0.25, -0.2) is 13.4 Å². The van der Waals surface area contributed by atoms with E-state index < -0.39 is 22.2 Å². The smallest absolute Gasteiger partial charge is 0.322 e. The Labute approximate surface area is 178 Å². The lowest BCUT2D eigenvalue weighted by Gasteiger charge is -2.18. The van der Waals surface area contributed by atoms with Gasteiger partial charge in [-0.3, -0.25) is 0 Å². The second-order valence-electron chi connectivity index (χ2n) is 7.59. The van der Waals surface area contributed by atoms with Gasteiger partial charge in [0.1, 0.15) is 17.8 Å². The number of benzene rings is 1. The molecular weight excluding hydrogens is 429 g/mol. The van der Waals surface area contributed by atoms with E-state index in [1.54, 1.807) is 10.9 Å². The van der Waals surface area contributed by atoms with Gasteiger partial charge in [-0.1, -0.05) is 12.1 Å². The Bertz CT molecular complexity index is 1270. The number of hydrogen-bond acceptors (Lipinski definition) is 4. The molecule has 0 fully saturated rings. The molecule has 0 radical (unpaired) electrons. The summed E-state index contributed by atoms with van der Waals surface area (Å²) in [4.78, 5) is 4.17. The molecule has 2 aromatic heterocycles.